The highest BCUT2D eigenvalue weighted by molar-refractivity contribution is 14.0. The number of carbonyl (C=O) groups is 1. The first kappa shape index (κ1) is 19.6. The molecule has 0 spiro atoms. The maximum atomic E-state index is 11.2. The lowest BCUT2D eigenvalue weighted by Gasteiger charge is -2.11. The van der Waals surface area contributed by atoms with Crippen LogP contribution in [0.4, 0.5) is 0 Å². The molecule has 1 amide bonds. The van der Waals surface area contributed by atoms with Gasteiger partial charge in [-0.3, -0.25) is 14.2 Å². The number of fused-ring (bicyclic) bond motifs is 1. The van der Waals surface area contributed by atoms with Crippen LogP contribution in [0.3, 0.4) is 0 Å². The number of nitrogens with two attached hydrogens (primary N) is 1. The summed E-state index contributed by atoms with van der Waals surface area (Å²) in [5.41, 5.74) is 7.52. The molecule has 0 aliphatic carbocycles. The zero-order valence-corrected chi connectivity index (χ0v) is 16.5. The fourth-order valence-corrected chi connectivity index (χ4v) is 2.42. The summed E-state index contributed by atoms with van der Waals surface area (Å²) >= 11 is 0. The fraction of sp³-hybridized carbons (Fsp3) is 0.176. The largest absolute Gasteiger partial charge is 0.366 e. The molecule has 2 aromatic heterocycles. The molecule has 0 atom stereocenters. The van der Waals surface area contributed by atoms with Crippen LogP contribution in [0.2, 0.25) is 0 Å². The van der Waals surface area contributed by atoms with Crippen molar-refractivity contribution in [3.8, 4) is 0 Å². The standard InChI is InChI=1S/C17H19N7O.HI/c1-19-17(20-10-12-5-4-6-13(9-12)16(18)25)21-11-15-23-22-14-7-2-3-8-24(14)15;/h2-9H,10-11H2,1H3,(H2,18,25)(H2,19,20,21);1H. The molecule has 8 nitrogen and oxygen atoms in total. The number of nitrogens with zero attached hydrogens (tertiary/aromatic N) is 4. The Bertz CT molecular complexity index is 922. The lowest BCUT2D eigenvalue weighted by atomic mass is 10.1. The fourth-order valence-electron chi connectivity index (χ4n) is 2.42. The Kier molecular flexibility index (Phi) is 6.89. The first-order valence-corrected chi connectivity index (χ1v) is 7.79. The third-order valence-corrected chi connectivity index (χ3v) is 3.69. The van der Waals surface area contributed by atoms with E-state index in [9.17, 15) is 4.79 Å². The summed E-state index contributed by atoms with van der Waals surface area (Å²) in [6, 6.07) is 12.9. The number of hydrogen-bond donors (Lipinski definition) is 3. The molecule has 0 aliphatic rings. The van der Waals surface area contributed by atoms with E-state index < -0.39 is 5.91 Å². The molecule has 4 N–H and O–H groups in total. The maximum absolute atomic E-state index is 11.2. The highest BCUT2D eigenvalue weighted by atomic mass is 127. The van der Waals surface area contributed by atoms with Gasteiger partial charge < -0.3 is 16.4 Å². The van der Waals surface area contributed by atoms with Crippen molar-refractivity contribution in [2.75, 3.05) is 7.05 Å². The average molecular weight is 465 g/mol. The zero-order valence-electron chi connectivity index (χ0n) is 14.2. The van der Waals surface area contributed by atoms with Gasteiger partial charge in [0.1, 0.15) is 0 Å². The van der Waals surface area contributed by atoms with Gasteiger partial charge in [-0.05, 0) is 29.8 Å². The normalized spacial score (nSPS) is 11.0. The Labute approximate surface area is 167 Å². The van der Waals surface area contributed by atoms with Gasteiger partial charge >= 0.3 is 0 Å². The molecule has 0 saturated carbocycles. The number of rotatable bonds is 5. The minimum Gasteiger partial charge on any atom is -0.366 e. The number of halogens is 1. The van der Waals surface area contributed by atoms with E-state index in [0.717, 1.165) is 17.0 Å². The number of carbonyl (C=O) groups excluding carboxylic acids is 1. The van der Waals surface area contributed by atoms with E-state index in [0.29, 0.717) is 24.6 Å². The van der Waals surface area contributed by atoms with Gasteiger partial charge in [0.2, 0.25) is 5.91 Å². The van der Waals surface area contributed by atoms with Crippen LogP contribution in [0.25, 0.3) is 5.65 Å². The molecule has 0 fully saturated rings. The number of hydrogen-bond acceptors (Lipinski definition) is 4. The molecule has 0 radical (unpaired) electrons. The van der Waals surface area contributed by atoms with E-state index in [1.165, 1.54) is 0 Å². The molecule has 3 rings (SSSR count). The minimum absolute atomic E-state index is 0. The van der Waals surface area contributed by atoms with Crippen molar-refractivity contribution in [3.05, 3.63) is 65.6 Å². The first-order valence-electron chi connectivity index (χ1n) is 7.79. The van der Waals surface area contributed by atoms with Crippen molar-refractivity contribution in [3.63, 3.8) is 0 Å². The molecule has 0 bridgehead atoms. The second-order valence-corrected chi connectivity index (χ2v) is 5.39. The zero-order chi connectivity index (χ0) is 17.6. The highest BCUT2D eigenvalue weighted by Crippen LogP contribution is 2.05. The van der Waals surface area contributed by atoms with Gasteiger partial charge in [0.15, 0.2) is 17.4 Å². The molecule has 1 aromatic carbocycles. The molecule has 2 heterocycles. The Morgan fingerprint density at radius 1 is 1.15 bits per heavy atom. The van der Waals surface area contributed by atoms with Crippen LogP contribution in [0.5, 0.6) is 0 Å². The predicted octanol–water partition coefficient (Wildman–Crippen LogP) is 1.31. The first-order chi connectivity index (χ1) is 12.2. The number of aliphatic imine (C=N–C) groups is 1. The lowest BCUT2D eigenvalue weighted by molar-refractivity contribution is 0.1000. The van der Waals surface area contributed by atoms with Gasteiger partial charge in [-0.25, -0.2) is 0 Å². The Morgan fingerprint density at radius 3 is 2.73 bits per heavy atom. The number of benzene rings is 1. The monoisotopic (exact) mass is 465 g/mol. The summed E-state index contributed by atoms with van der Waals surface area (Å²) in [5, 5.41) is 14.7. The second-order valence-electron chi connectivity index (χ2n) is 5.39. The molecule has 9 heteroatoms. The van der Waals surface area contributed by atoms with Crippen molar-refractivity contribution in [2.24, 2.45) is 10.7 Å². The van der Waals surface area contributed by atoms with Crippen molar-refractivity contribution in [1.82, 2.24) is 25.2 Å². The topological polar surface area (TPSA) is 110 Å². The van der Waals surface area contributed by atoms with Gasteiger partial charge in [0, 0.05) is 25.4 Å². The van der Waals surface area contributed by atoms with E-state index in [4.69, 9.17) is 5.73 Å². The Morgan fingerprint density at radius 2 is 1.96 bits per heavy atom. The van der Waals surface area contributed by atoms with Crippen molar-refractivity contribution < 1.29 is 4.79 Å². The van der Waals surface area contributed by atoms with E-state index in [1.54, 1.807) is 25.2 Å². The summed E-state index contributed by atoms with van der Waals surface area (Å²) in [7, 11) is 1.69. The van der Waals surface area contributed by atoms with Crippen molar-refractivity contribution in [2.45, 2.75) is 13.1 Å². The van der Waals surface area contributed by atoms with Crippen LogP contribution in [0, 0.1) is 0 Å². The predicted molar refractivity (Wildman–Crippen MR) is 110 cm³/mol. The molecule has 0 saturated heterocycles. The quantitative estimate of drug-likeness (QED) is 0.299. The lowest BCUT2D eigenvalue weighted by Crippen LogP contribution is -2.36. The van der Waals surface area contributed by atoms with Crippen LogP contribution < -0.4 is 16.4 Å². The Hall–Kier alpha value is -2.69. The third-order valence-electron chi connectivity index (χ3n) is 3.69. The smallest absolute Gasteiger partial charge is 0.248 e. The second kappa shape index (κ2) is 9.13. The molecular weight excluding hydrogens is 445 g/mol. The molecular formula is C17H20IN7O. The maximum Gasteiger partial charge on any atom is 0.248 e. The van der Waals surface area contributed by atoms with Gasteiger partial charge in [0.25, 0.3) is 0 Å². The molecule has 0 unspecified atom stereocenters. The van der Waals surface area contributed by atoms with Gasteiger partial charge in [-0.2, -0.15) is 0 Å². The van der Waals surface area contributed by atoms with E-state index in [2.05, 4.69) is 25.8 Å². The van der Waals surface area contributed by atoms with E-state index in [-0.39, 0.29) is 24.0 Å². The number of amides is 1. The van der Waals surface area contributed by atoms with Crippen LogP contribution in [-0.4, -0.2) is 33.5 Å². The van der Waals surface area contributed by atoms with Crippen LogP contribution in [0.15, 0.2) is 53.7 Å². The third kappa shape index (κ3) is 4.69. The number of aromatic nitrogens is 3. The van der Waals surface area contributed by atoms with Gasteiger partial charge in [0.05, 0.1) is 6.54 Å². The summed E-state index contributed by atoms with van der Waals surface area (Å²) < 4.78 is 1.91. The van der Waals surface area contributed by atoms with Crippen LogP contribution >= 0.6 is 24.0 Å². The highest BCUT2D eigenvalue weighted by Gasteiger charge is 2.06. The summed E-state index contributed by atoms with van der Waals surface area (Å²) in [6.45, 7) is 0.994. The van der Waals surface area contributed by atoms with Crippen LogP contribution in [0.1, 0.15) is 21.7 Å². The molecule has 0 aliphatic heterocycles. The molecule has 136 valence electrons. The number of nitrogens with one attached hydrogen (secondary N) is 2. The van der Waals surface area contributed by atoms with E-state index in [1.807, 2.05) is 34.9 Å². The van der Waals surface area contributed by atoms with Gasteiger partial charge in [-0.15, -0.1) is 34.2 Å². The van der Waals surface area contributed by atoms with Crippen molar-refractivity contribution in [1.29, 1.82) is 0 Å². The number of pyridine rings is 1. The summed E-state index contributed by atoms with van der Waals surface area (Å²) in [6.07, 6.45) is 1.91. The summed E-state index contributed by atoms with van der Waals surface area (Å²) in [5.74, 6) is 0.967. The average Bonchev–Trinajstić information content (AvgIpc) is 3.05. The Balaban J connectivity index is 0.00000243. The van der Waals surface area contributed by atoms with Gasteiger partial charge in [-0.1, -0.05) is 18.2 Å². The number of primary amides is 1. The molecule has 3 aromatic rings. The minimum atomic E-state index is -0.442. The summed E-state index contributed by atoms with van der Waals surface area (Å²) in [4.78, 5) is 15.4. The van der Waals surface area contributed by atoms with Crippen LogP contribution in [-0.2, 0) is 13.1 Å². The van der Waals surface area contributed by atoms with E-state index >= 15 is 0 Å². The molecule has 26 heavy (non-hydrogen) atoms. The van der Waals surface area contributed by atoms with Crippen molar-refractivity contribution >= 4 is 41.5 Å². The number of guanidine groups is 1. The SMILES string of the molecule is CN=C(NCc1cccc(C(N)=O)c1)NCc1nnc2ccccn12.I.